The molecule has 0 aliphatic carbocycles. The summed E-state index contributed by atoms with van der Waals surface area (Å²) in [6.45, 7) is 4.37. The highest BCUT2D eigenvalue weighted by Gasteiger charge is 2.11. The van der Waals surface area contributed by atoms with Crippen LogP contribution in [0.25, 0.3) is 0 Å². The Morgan fingerprint density at radius 3 is 2.05 bits per heavy atom. The Balaban J connectivity index is 2.30. The quantitative estimate of drug-likeness (QED) is 0.810. The minimum atomic E-state index is -0.156. The lowest BCUT2D eigenvalue weighted by atomic mass is 9.96. The van der Waals surface area contributed by atoms with E-state index >= 15 is 0 Å². The summed E-state index contributed by atoms with van der Waals surface area (Å²) in [5.74, 6) is 0.533. The van der Waals surface area contributed by atoms with Gasteiger partial charge >= 0.3 is 0 Å². The molecule has 2 N–H and O–H groups in total. The lowest BCUT2D eigenvalue weighted by Gasteiger charge is -2.15. The summed E-state index contributed by atoms with van der Waals surface area (Å²) < 4.78 is 0.948. The van der Waals surface area contributed by atoms with Crippen molar-refractivity contribution in [3.8, 4) is 0 Å². The highest BCUT2D eigenvalue weighted by Crippen LogP contribution is 2.27. The van der Waals surface area contributed by atoms with E-state index in [2.05, 4.69) is 54.0 Å². The van der Waals surface area contributed by atoms with E-state index in [1.807, 2.05) is 18.2 Å². The summed E-state index contributed by atoms with van der Waals surface area (Å²) in [4.78, 5) is 0. The molecule has 3 heteroatoms. The normalized spacial score (nSPS) is 12.7. The molecule has 1 unspecified atom stereocenters. The van der Waals surface area contributed by atoms with Crippen LogP contribution in [0.15, 0.2) is 46.9 Å². The Labute approximate surface area is 127 Å². The summed E-state index contributed by atoms with van der Waals surface area (Å²) in [7, 11) is 0. The molecule has 100 valence electrons. The molecule has 0 aliphatic heterocycles. The first-order valence-corrected chi connectivity index (χ1v) is 7.46. The Kier molecular flexibility index (Phi) is 4.67. The third-order valence-electron chi connectivity index (χ3n) is 3.21. The first kappa shape index (κ1) is 14.6. The van der Waals surface area contributed by atoms with E-state index in [4.69, 9.17) is 17.3 Å². The fraction of sp³-hybridized carbons (Fsp3) is 0.250. The number of hydrogen-bond donors (Lipinski definition) is 1. The molecule has 0 saturated carbocycles. The fourth-order valence-electron chi connectivity index (χ4n) is 2.04. The molecule has 19 heavy (non-hydrogen) atoms. The van der Waals surface area contributed by atoms with Crippen molar-refractivity contribution in [2.75, 3.05) is 0 Å². The lowest BCUT2D eigenvalue weighted by Crippen LogP contribution is -2.12. The average Bonchev–Trinajstić information content (AvgIpc) is 2.37. The summed E-state index contributed by atoms with van der Waals surface area (Å²) >= 11 is 9.51. The standard InChI is InChI=1S/C16H17BrClN/c1-10(2)11-3-5-12(6-4-11)16(19)13-7-14(17)9-15(18)8-13/h3-10,16H,19H2,1-2H3. The van der Waals surface area contributed by atoms with Gasteiger partial charge in [-0.15, -0.1) is 0 Å². The molecule has 0 spiro atoms. The van der Waals surface area contributed by atoms with E-state index in [0.29, 0.717) is 10.9 Å². The van der Waals surface area contributed by atoms with E-state index in [0.717, 1.165) is 15.6 Å². The third-order valence-corrected chi connectivity index (χ3v) is 3.88. The number of hydrogen-bond acceptors (Lipinski definition) is 1. The van der Waals surface area contributed by atoms with Crippen molar-refractivity contribution in [1.29, 1.82) is 0 Å². The van der Waals surface area contributed by atoms with Gasteiger partial charge in [0.2, 0.25) is 0 Å². The Bertz CT molecular complexity index is 543. The second kappa shape index (κ2) is 6.08. The Hall–Kier alpha value is -0.830. The van der Waals surface area contributed by atoms with Gasteiger partial charge in [-0.3, -0.25) is 0 Å². The average molecular weight is 339 g/mol. The molecule has 2 aromatic carbocycles. The van der Waals surface area contributed by atoms with Crippen LogP contribution in [0.3, 0.4) is 0 Å². The van der Waals surface area contributed by atoms with Gasteiger partial charge in [-0.1, -0.05) is 65.6 Å². The van der Waals surface area contributed by atoms with E-state index in [-0.39, 0.29) is 6.04 Å². The molecular formula is C16H17BrClN. The summed E-state index contributed by atoms with van der Waals surface area (Å²) in [6.07, 6.45) is 0. The van der Waals surface area contributed by atoms with Crippen LogP contribution in [0, 0.1) is 0 Å². The van der Waals surface area contributed by atoms with E-state index in [9.17, 15) is 0 Å². The second-order valence-electron chi connectivity index (χ2n) is 5.00. The van der Waals surface area contributed by atoms with Gasteiger partial charge in [-0.25, -0.2) is 0 Å². The first-order valence-electron chi connectivity index (χ1n) is 6.29. The van der Waals surface area contributed by atoms with E-state index in [1.165, 1.54) is 5.56 Å². The third kappa shape index (κ3) is 3.59. The van der Waals surface area contributed by atoms with Crippen molar-refractivity contribution in [1.82, 2.24) is 0 Å². The Morgan fingerprint density at radius 1 is 0.947 bits per heavy atom. The second-order valence-corrected chi connectivity index (χ2v) is 6.35. The SMILES string of the molecule is CC(C)c1ccc(C(N)c2cc(Cl)cc(Br)c2)cc1. The molecule has 2 aromatic rings. The zero-order valence-electron chi connectivity index (χ0n) is 11.0. The van der Waals surface area contributed by atoms with Crippen LogP contribution in [0.1, 0.15) is 42.5 Å². The van der Waals surface area contributed by atoms with Crippen molar-refractivity contribution in [2.45, 2.75) is 25.8 Å². The maximum Gasteiger partial charge on any atom is 0.0552 e. The number of nitrogens with two attached hydrogens (primary N) is 1. The Morgan fingerprint density at radius 2 is 1.53 bits per heavy atom. The highest BCUT2D eigenvalue weighted by atomic mass is 79.9. The smallest absolute Gasteiger partial charge is 0.0552 e. The molecule has 2 rings (SSSR count). The van der Waals surface area contributed by atoms with Crippen molar-refractivity contribution in [3.63, 3.8) is 0 Å². The van der Waals surface area contributed by atoms with Crippen molar-refractivity contribution < 1.29 is 0 Å². The maximum atomic E-state index is 6.30. The van der Waals surface area contributed by atoms with Crippen molar-refractivity contribution >= 4 is 27.5 Å². The molecule has 0 saturated heterocycles. The zero-order chi connectivity index (χ0) is 14.0. The molecule has 0 aromatic heterocycles. The zero-order valence-corrected chi connectivity index (χ0v) is 13.4. The summed E-state index contributed by atoms with van der Waals surface area (Å²) in [6, 6.07) is 14.1. The van der Waals surface area contributed by atoms with Gasteiger partial charge in [0.25, 0.3) is 0 Å². The predicted molar refractivity (Wildman–Crippen MR) is 85.7 cm³/mol. The molecule has 0 radical (unpaired) electrons. The van der Waals surface area contributed by atoms with Crippen molar-refractivity contribution in [2.24, 2.45) is 5.73 Å². The predicted octanol–water partition coefficient (Wildman–Crippen LogP) is 5.27. The van der Waals surface area contributed by atoms with Crippen LogP contribution in [-0.2, 0) is 0 Å². The van der Waals surface area contributed by atoms with Gasteiger partial charge in [0.05, 0.1) is 6.04 Å². The molecule has 0 fully saturated rings. The summed E-state index contributed by atoms with van der Waals surface area (Å²) in [5, 5.41) is 0.693. The minimum Gasteiger partial charge on any atom is -0.320 e. The molecule has 1 nitrogen and oxygen atoms in total. The fourth-order valence-corrected chi connectivity index (χ4v) is 2.92. The van der Waals surface area contributed by atoms with Gasteiger partial charge in [0, 0.05) is 9.50 Å². The number of benzene rings is 2. The van der Waals surface area contributed by atoms with E-state index < -0.39 is 0 Å². The minimum absolute atomic E-state index is 0.156. The first-order chi connectivity index (χ1) is 8.97. The van der Waals surface area contributed by atoms with Crippen LogP contribution in [-0.4, -0.2) is 0 Å². The van der Waals surface area contributed by atoms with Crippen molar-refractivity contribution in [3.05, 3.63) is 68.7 Å². The number of rotatable bonds is 3. The molecule has 0 aliphatic rings. The topological polar surface area (TPSA) is 26.0 Å². The van der Waals surface area contributed by atoms with Crippen LogP contribution in [0.5, 0.6) is 0 Å². The van der Waals surface area contributed by atoms with Crippen LogP contribution in [0.2, 0.25) is 5.02 Å². The monoisotopic (exact) mass is 337 g/mol. The molecule has 0 heterocycles. The van der Waals surface area contributed by atoms with Gasteiger partial charge in [0.1, 0.15) is 0 Å². The number of halogens is 2. The maximum absolute atomic E-state index is 6.30. The van der Waals surface area contributed by atoms with Gasteiger partial charge < -0.3 is 5.73 Å². The van der Waals surface area contributed by atoms with Crippen LogP contribution < -0.4 is 5.73 Å². The molecule has 0 bridgehead atoms. The molecule has 0 amide bonds. The highest BCUT2D eigenvalue weighted by molar-refractivity contribution is 9.10. The lowest BCUT2D eigenvalue weighted by molar-refractivity contribution is 0.847. The van der Waals surface area contributed by atoms with Crippen LogP contribution in [0.4, 0.5) is 0 Å². The summed E-state index contributed by atoms with van der Waals surface area (Å²) in [5.41, 5.74) is 9.73. The van der Waals surface area contributed by atoms with E-state index in [1.54, 1.807) is 0 Å². The largest absolute Gasteiger partial charge is 0.320 e. The van der Waals surface area contributed by atoms with Gasteiger partial charge in [-0.2, -0.15) is 0 Å². The van der Waals surface area contributed by atoms with Crippen LogP contribution >= 0.6 is 27.5 Å². The molecule has 1 atom stereocenters. The molecular weight excluding hydrogens is 322 g/mol. The van der Waals surface area contributed by atoms with Gasteiger partial charge in [-0.05, 0) is 40.8 Å². The van der Waals surface area contributed by atoms with Gasteiger partial charge in [0.15, 0.2) is 0 Å².